The lowest BCUT2D eigenvalue weighted by Gasteiger charge is -2.08. The number of rotatable bonds is 8. The average molecular weight is 453 g/mol. The summed E-state index contributed by atoms with van der Waals surface area (Å²) in [7, 11) is 1.52. The first-order valence-corrected chi connectivity index (χ1v) is 10.5. The molecule has 1 heterocycles. The Morgan fingerprint density at radius 1 is 0.971 bits per heavy atom. The van der Waals surface area contributed by atoms with Crippen molar-refractivity contribution >= 4 is 23.5 Å². The summed E-state index contributed by atoms with van der Waals surface area (Å²) in [6.07, 6.45) is 1.61. The summed E-state index contributed by atoms with van der Waals surface area (Å²) in [6.45, 7) is -0.573. The summed E-state index contributed by atoms with van der Waals surface area (Å²) >= 11 is 0. The van der Waals surface area contributed by atoms with E-state index in [-0.39, 0.29) is 17.4 Å². The summed E-state index contributed by atoms with van der Waals surface area (Å²) in [5.74, 6) is -0.687. The van der Waals surface area contributed by atoms with Crippen molar-refractivity contribution in [1.82, 2.24) is 10.3 Å². The topological polar surface area (TPSA) is 104 Å². The van der Waals surface area contributed by atoms with Crippen molar-refractivity contribution in [1.29, 1.82) is 0 Å². The van der Waals surface area contributed by atoms with Gasteiger partial charge in [-0.15, -0.1) is 0 Å². The molecule has 0 aliphatic carbocycles. The van der Waals surface area contributed by atoms with E-state index in [9.17, 15) is 14.7 Å². The zero-order valence-corrected chi connectivity index (χ0v) is 18.4. The van der Waals surface area contributed by atoms with E-state index in [1.54, 1.807) is 30.3 Å². The molecule has 4 rings (SSSR count). The molecule has 1 aromatic heterocycles. The van der Waals surface area contributed by atoms with Gasteiger partial charge in [0.2, 0.25) is 5.89 Å². The molecule has 0 atom stereocenters. The molecule has 0 aliphatic heterocycles. The zero-order valence-electron chi connectivity index (χ0n) is 18.4. The van der Waals surface area contributed by atoms with E-state index in [2.05, 4.69) is 5.32 Å². The first kappa shape index (κ1) is 22.5. The van der Waals surface area contributed by atoms with Crippen LogP contribution in [0.15, 0.2) is 89.3 Å². The van der Waals surface area contributed by atoms with E-state index in [1.165, 1.54) is 7.05 Å². The van der Waals surface area contributed by atoms with Crippen LogP contribution in [0, 0.1) is 0 Å². The van der Waals surface area contributed by atoms with E-state index in [4.69, 9.17) is 14.1 Å². The highest BCUT2D eigenvalue weighted by molar-refractivity contribution is 6.23. The first-order valence-electron chi connectivity index (χ1n) is 10.5. The number of hydrogen-bond acceptors (Lipinski definition) is 6. The number of amides is 1. The third-order valence-electron chi connectivity index (χ3n) is 4.94. The van der Waals surface area contributed by atoms with Crippen LogP contribution in [-0.4, -0.2) is 30.5 Å². The van der Waals surface area contributed by atoms with Crippen LogP contribution < -0.4 is 15.2 Å². The average Bonchev–Trinajstić information content (AvgIpc) is 3.32. The largest absolute Gasteiger partial charge is 0.546 e. The van der Waals surface area contributed by atoms with Gasteiger partial charge in [0, 0.05) is 18.2 Å². The van der Waals surface area contributed by atoms with Crippen LogP contribution in [0.5, 0.6) is 5.75 Å². The Morgan fingerprint density at radius 3 is 2.29 bits per heavy atom. The molecule has 0 spiro atoms. The van der Waals surface area contributed by atoms with Gasteiger partial charge >= 0.3 is 0 Å². The van der Waals surface area contributed by atoms with Gasteiger partial charge in [0.1, 0.15) is 23.6 Å². The molecule has 170 valence electrons. The molecule has 3 aromatic carbocycles. The van der Waals surface area contributed by atoms with E-state index >= 15 is 0 Å². The van der Waals surface area contributed by atoms with E-state index < -0.39 is 12.6 Å². The van der Waals surface area contributed by atoms with Crippen molar-refractivity contribution in [3.05, 3.63) is 96.4 Å². The van der Waals surface area contributed by atoms with Crippen molar-refractivity contribution in [3.63, 3.8) is 0 Å². The number of carbonyl (C=O) groups excluding carboxylic acids is 2. The number of nitrogens with one attached hydrogen (secondary N) is 1. The second-order valence-electron chi connectivity index (χ2n) is 7.30. The SMILES string of the molecule is CNC(=O)/C(=C\c1cccc(OCC(=O)[O-])c1)c1nc(-c2ccccc2)c(-c2ccccc2)o1. The van der Waals surface area contributed by atoms with Crippen molar-refractivity contribution in [2.24, 2.45) is 0 Å². The van der Waals surface area contributed by atoms with Crippen LogP contribution in [-0.2, 0) is 9.59 Å². The number of benzene rings is 3. The predicted octanol–water partition coefficient (Wildman–Crippen LogP) is 3.42. The highest BCUT2D eigenvalue weighted by atomic mass is 16.5. The van der Waals surface area contributed by atoms with Crippen LogP contribution in [0.4, 0.5) is 0 Å². The van der Waals surface area contributed by atoms with Gasteiger partial charge in [-0.05, 0) is 23.8 Å². The molecular formula is C27H21N2O5-. The maximum atomic E-state index is 12.8. The van der Waals surface area contributed by atoms with Gasteiger partial charge in [-0.25, -0.2) is 4.98 Å². The maximum absolute atomic E-state index is 12.8. The van der Waals surface area contributed by atoms with E-state index in [0.29, 0.717) is 22.8 Å². The minimum Gasteiger partial charge on any atom is -0.546 e. The Morgan fingerprint density at radius 2 is 1.65 bits per heavy atom. The predicted molar refractivity (Wildman–Crippen MR) is 126 cm³/mol. The van der Waals surface area contributed by atoms with Crippen LogP contribution in [0.2, 0.25) is 0 Å². The van der Waals surface area contributed by atoms with Crippen LogP contribution in [0.1, 0.15) is 11.5 Å². The van der Waals surface area contributed by atoms with Gasteiger partial charge < -0.3 is 24.4 Å². The van der Waals surface area contributed by atoms with Crippen LogP contribution >= 0.6 is 0 Å². The number of carboxylic acid groups (broad SMARTS) is 1. The monoisotopic (exact) mass is 453 g/mol. The molecular weight excluding hydrogens is 432 g/mol. The van der Waals surface area contributed by atoms with Crippen molar-refractivity contribution in [3.8, 4) is 28.3 Å². The van der Waals surface area contributed by atoms with Gasteiger partial charge in [-0.3, -0.25) is 4.79 Å². The quantitative estimate of drug-likeness (QED) is 0.410. The van der Waals surface area contributed by atoms with Gasteiger partial charge in [0.15, 0.2) is 5.76 Å². The molecule has 0 unspecified atom stereocenters. The van der Waals surface area contributed by atoms with Gasteiger partial charge in [-0.1, -0.05) is 72.8 Å². The Hall–Kier alpha value is -4.65. The molecule has 0 bridgehead atoms. The molecule has 7 heteroatoms. The molecule has 0 saturated carbocycles. The summed E-state index contributed by atoms with van der Waals surface area (Å²) in [6, 6.07) is 25.8. The smallest absolute Gasteiger partial charge is 0.256 e. The molecule has 1 amide bonds. The second-order valence-corrected chi connectivity index (χ2v) is 7.30. The number of aliphatic carboxylic acids is 1. The lowest BCUT2D eigenvalue weighted by atomic mass is 10.1. The Bertz CT molecular complexity index is 1270. The zero-order chi connectivity index (χ0) is 23.9. The molecule has 7 nitrogen and oxygen atoms in total. The molecule has 0 saturated heterocycles. The van der Waals surface area contributed by atoms with Crippen molar-refractivity contribution < 1.29 is 23.8 Å². The molecule has 0 radical (unpaired) electrons. The Kier molecular flexibility index (Phi) is 6.84. The molecule has 1 N–H and O–H groups in total. The maximum Gasteiger partial charge on any atom is 0.256 e. The fourth-order valence-electron chi connectivity index (χ4n) is 3.37. The number of carboxylic acids is 1. The number of hydrogen-bond donors (Lipinski definition) is 1. The number of carbonyl (C=O) groups is 2. The van der Waals surface area contributed by atoms with Crippen molar-refractivity contribution in [2.45, 2.75) is 0 Å². The fourth-order valence-corrected chi connectivity index (χ4v) is 3.37. The van der Waals surface area contributed by atoms with Crippen LogP contribution in [0.3, 0.4) is 0 Å². The minimum absolute atomic E-state index is 0.151. The molecule has 4 aromatic rings. The molecule has 0 aliphatic rings. The van der Waals surface area contributed by atoms with Gasteiger partial charge in [0.05, 0.1) is 5.97 Å². The summed E-state index contributed by atoms with van der Waals surface area (Å²) in [5.41, 5.74) is 3.11. The lowest BCUT2D eigenvalue weighted by Crippen LogP contribution is -2.28. The molecule has 0 fully saturated rings. The summed E-state index contributed by atoms with van der Waals surface area (Å²) in [4.78, 5) is 28.2. The highest BCUT2D eigenvalue weighted by Gasteiger charge is 2.22. The lowest BCUT2D eigenvalue weighted by molar-refractivity contribution is -0.307. The normalized spacial score (nSPS) is 11.1. The number of nitrogens with zero attached hydrogens (tertiary/aromatic N) is 1. The Balaban J connectivity index is 1.81. The van der Waals surface area contributed by atoms with Crippen molar-refractivity contribution in [2.75, 3.05) is 13.7 Å². The third-order valence-corrected chi connectivity index (χ3v) is 4.94. The van der Waals surface area contributed by atoms with Gasteiger partial charge in [-0.2, -0.15) is 0 Å². The third kappa shape index (κ3) is 5.21. The second kappa shape index (κ2) is 10.3. The van der Waals surface area contributed by atoms with Crippen LogP contribution in [0.25, 0.3) is 34.2 Å². The molecule has 34 heavy (non-hydrogen) atoms. The number of likely N-dealkylation sites (N-methyl/N-ethyl adjacent to an activating group) is 1. The number of ether oxygens (including phenoxy) is 1. The summed E-state index contributed by atoms with van der Waals surface area (Å²) in [5, 5.41) is 13.3. The van der Waals surface area contributed by atoms with E-state index in [1.807, 2.05) is 60.7 Å². The standard InChI is InChI=1S/C27H22N2O5/c1-28-26(32)22(16-18-9-8-14-21(15-18)33-17-23(30)31)27-29-24(19-10-4-2-5-11-19)25(34-27)20-12-6-3-7-13-20/h2-16H,17H2,1H3,(H,28,32)(H,30,31)/p-1/b22-16+. The first-order chi connectivity index (χ1) is 16.5. The minimum atomic E-state index is -1.33. The van der Waals surface area contributed by atoms with Gasteiger partial charge in [0.25, 0.3) is 5.91 Å². The number of aromatic nitrogens is 1. The van der Waals surface area contributed by atoms with E-state index in [0.717, 1.165) is 11.1 Å². The fraction of sp³-hybridized carbons (Fsp3) is 0.0741. The Labute approximate surface area is 196 Å². The number of oxazole rings is 1. The summed E-state index contributed by atoms with van der Waals surface area (Å²) < 4.78 is 11.4. The highest BCUT2D eigenvalue weighted by Crippen LogP contribution is 2.35.